The fraction of sp³-hybridized carbons (Fsp3) is 0.379. The summed E-state index contributed by atoms with van der Waals surface area (Å²) in [6.07, 6.45) is 7.62. The van der Waals surface area contributed by atoms with Crippen molar-refractivity contribution in [3.05, 3.63) is 71.9 Å². The van der Waals surface area contributed by atoms with Gasteiger partial charge in [-0.15, -0.1) is 0 Å². The molecule has 0 aliphatic carbocycles. The lowest BCUT2D eigenvalue weighted by Crippen LogP contribution is -2.38. The lowest BCUT2D eigenvalue weighted by molar-refractivity contribution is -0.673. The number of carbonyl (C=O) groups is 1. The predicted octanol–water partition coefficient (Wildman–Crippen LogP) is 2.72. The fourth-order valence-corrected chi connectivity index (χ4v) is 4.30. The Morgan fingerprint density at radius 2 is 1.67 bits per heavy atom. The zero-order chi connectivity index (χ0) is 25.6. The molecule has 0 atom stereocenters. The number of nitrogens with two attached hydrogens (primary N) is 1. The van der Waals surface area contributed by atoms with Gasteiger partial charge in [-0.3, -0.25) is 4.79 Å². The highest BCUT2D eigenvalue weighted by atomic mass is 16.3. The van der Waals surface area contributed by atoms with Crippen LogP contribution in [0.3, 0.4) is 0 Å². The number of pyridine rings is 1. The number of aryl methyl sites for hydroxylation is 1. The molecule has 0 spiro atoms. The Labute approximate surface area is 213 Å². The van der Waals surface area contributed by atoms with Crippen LogP contribution in [0.1, 0.15) is 36.9 Å². The summed E-state index contributed by atoms with van der Waals surface area (Å²) in [7, 11) is 0. The van der Waals surface area contributed by atoms with Crippen LogP contribution in [0.2, 0.25) is 0 Å². The first-order valence-electron chi connectivity index (χ1n) is 12.8. The largest absolute Gasteiger partial charge is 0.395 e. The van der Waals surface area contributed by atoms with Gasteiger partial charge in [0, 0.05) is 68.3 Å². The first-order chi connectivity index (χ1) is 17.7. The van der Waals surface area contributed by atoms with Gasteiger partial charge in [0.1, 0.15) is 6.54 Å². The van der Waals surface area contributed by atoms with Crippen LogP contribution in [0.15, 0.2) is 60.7 Å². The third-order valence-electron chi connectivity index (χ3n) is 6.17. The number of anilines is 1. The topological polar surface area (TPSA) is 103 Å². The van der Waals surface area contributed by atoms with E-state index in [1.807, 2.05) is 17.0 Å². The number of fused-ring (bicyclic) bond motifs is 1. The van der Waals surface area contributed by atoms with E-state index in [-0.39, 0.29) is 19.1 Å². The van der Waals surface area contributed by atoms with Crippen LogP contribution >= 0.6 is 0 Å². The van der Waals surface area contributed by atoms with Gasteiger partial charge in [0.15, 0.2) is 0 Å². The molecule has 36 heavy (non-hydrogen) atoms. The molecule has 7 heteroatoms. The number of aromatic nitrogens is 1. The van der Waals surface area contributed by atoms with Crippen LogP contribution in [0.25, 0.3) is 23.1 Å². The van der Waals surface area contributed by atoms with Crippen LogP contribution in [-0.4, -0.2) is 55.5 Å². The monoisotopic (exact) mass is 491 g/mol. The van der Waals surface area contributed by atoms with Gasteiger partial charge in [-0.1, -0.05) is 24.3 Å². The smallest absolute Gasteiger partial charge is 0.220 e. The molecule has 0 radical (unpaired) electrons. The standard InChI is InChI=1S/C29H38N4O3/c30-17-18-31-29(36)8-2-1-5-19-33-27(16-12-25-6-3-4-7-28(25)33)15-11-24-9-13-26(14-10-24)32(20-22-34)21-23-35/h3-4,6-7,9-16,34-35H,1-2,5,8,17-23,30H2/p+1. The molecule has 0 aliphatic heterocycles. The molecule has 0 bridgehead atoms. The molecule has 1 aromatic heterocycles. The highest BCUT2D eigenvalue weighted by molar-refractivity contribution is 5.77. The van der Waals surface area contributed by atoms with E-state index in [9.17, 15) is 15.0 Å². The Bertz CT molecular complexity index is 1110. The van der Waals surface area contributed by atoms with E-state index in [0.717, 1.165) is 42.8 Å². The number of nitrogens with zero attached hydrogens (tertiary/aromatic N) is 2. The summed E-state index contributed by atoms with van der Waals surface area (Å²) in [4.78, 5) is 13.8. The molecule has 5 N–H and O–H groups in total. The number of aliphatic hydroxyl groups excluding tert-OH is 2. The normalized spacial score (nSPS) is 11.3. The Morgan fingerprint density at radius 1 is 0.917 bits per heavy atom. The van der Waals surface area contributed by atoms with Crippen molar-refractivity contribution in [2.45, 2.75) is 32.2 Å². The molecular formula is C29H39N4O3+. The number of carbonyl (C=O) groups excluding carboxylic acids is 1. The molecule has 1 amide bonds. The lowest BCUT2D eigenvalue weighted by atomic mass is 10.1. The number of aliphatic hydroxyl groups is 2. The van der Waals surface area contributed by atoms with Crippen molar-refractivity contribution in [2.75, 3.05) is 44.3 Å². The fourth-order valence-electron chi connectivity index (χ4n) is 4.30. The zero-order valence-corrected chi connectivity index (χ0v) is 21.0. The average Bonchev–Trinajstić information content (AvgIpc) is 2.91. The molecule has 2 aromatic carbocycles. The van der Waals surface area contributed by atoms with Gasteiger partial charge in [-0.25, -0.2) is 0 Å². The van der Waals surface area contributed by atoms with Gasteiger partial charge >= 0.3 is 0 Å². The first-order valence-corrected chi connectivity index (χ1v) is 12.8. The molecule has 0 aliphatic rings. The molecule has 0 fully saturated rings. The summed E-state index contributed by atoms with van der Waals surface area (Å²) in [5, 5.41) is 22.6. The summed E-state index contributed by atoms with van der Waals surface area (Å²) in [5.41, 5.74) is 9.82. The maximum absolute atomic E-state index is 11.8. The number of nitrogens with one attached hydrogen (secondary N) is 1. The molecule has 7 nitrogen and oxygen atoms in total. The zero-order valence-electron chi connectivity index (χ0n) is 21.0. The average molecular weight is 492 g/mol. The summed E-state index contributed by atoms with van der Waals surface area (Å²) < 4.78 is 2.35. The van der Waals surface area contributed by atoms with Crippen molar-refractivity contribution in [1.29, 1.82) is 0 Å². The highest BCUT2D eigenvalue weighted by Gasteiger charge is 2.13. The minimum absolute atomic E-state index is 0.0467. The number of amides is 1. The van der Waals surface area contributed by atoms with Gasteiger partial charge in [0.2, 0.25) is 17.1 Å². The van der Waals surface area contributed by atoms with E-state index in [4.69, 9.17) is 5.73 Å². The minimum Gasteiger partial charge on any atom is -0.395 e. The highest BCUT2D eigenvalue weighted by Crippen LogP contribution is 2.17. The van der Waals surface area contributed by atoms with Crippen LogP contribution < -0.4 is 20.5 Å². The Kier molecular flexibility index (Phi) is 11.4. The van der Waals surface area contributed by atoms with Crippen molar-refractivity contribution in [2.24, 2.45) is 5.73 Å². The summed E-state index contributed by atoms with van der Waals surface area (Å²) >= 11 is 0. The Morgan fingerprint density at radius 3 is 2.39 bits per heavy atom. The van der Waals surface area contributed by atoms with Crippen LogP contribution in [-0.2, 0) is 11.3 Å². The van der Waals surface area contributed by atoms with E-state index in [1.54, 1.807) is 0 Å². The van der Waals surface area contributed by atoms with Gasteiger partial charge in [-0.05, 0) is 48.7 Å². The molecular weight excluding hydrogens is 452 g/mol. The Balaban J connectivity index is 1.69. The third-order valence-corrected chi connectivity index (χ3v) is 6.17. The lowest BCUT2D eigenvalue weighted by Gasteiger charge is -2.22. The molecule has 1 heterocycles. The van der Waals surface area contributed by atoms with E-state index in [2.05, 4.69) is 70.6 Å². The number of unbranched alkanes of at least 4 members (excludes halogenated alkanes) is 2. The van der Waals surface area contributed by atoms with Crippen molar-refractivity contribution in [3.63, 3.8) is 0 Å². The van der Waals surface area contributed by atoms with Gasteiger partial charge in [0.25, 0.3) is 0 Å². The molecule has 0 saturated carbocycles. The van der Waals surface area contributed by atoms with Crippen molar-refractivity contribution < 1.29 is 19.6 Å². The molecule has 0 saturated heterocycles. The molecule has 192 valence electrons. The van der Waals surface area contributed by atoms with Crippen molar-refractivity contribution in [1.82, 2.24) is 5.32 Å². The second kappa shape index (κ2) is 15.0. The quantitative estimate of drug-likeness (QED) is 0.193. The number of para-hydroxylation sites is 1. The third kappa shape index (κ3) is 8.16. The van der Waals surface area contributed by atoms with Crippen molar-refractivity contribution >= 4 is 34.6 Å². The first kappa shape index (κ1) is 27.3. The van der Waals surface area contributed by atoms with Gasteiger partial charge in [-0.2, -0.15) is 4.57 Å². The number of hydrogen-bond acceptors (Lipinski definition) is 5. The predicted molar refractivity (Wildman–Crippen MR) is 146 cm³/mol. The summed E-state index contributed by atoms with van der Waals surface area (Å²) in [5.74, 6) is 0.0729. The maximum atomic E-state index is 11.8. The second-order valence-electron chi connectivity index (χ2n) is 8.78. The minimum atomic E-state index is 0.0467. The SMILES string of the molecule is NCCNC(=O)CCCCC[n+]1c(/C=C/c2ccc(N(CCO)CCO)cc2)ccc2ccccc21. The molecule has 3 rings (SSSR count). The number of hydrogen-bond donors (Lipinski definition) is 4. The van der Waals surface area contributed by atoms with Crippen LogP contribution in [0.4, 0.5) is 5.69 Å². The van der Waals surface area contributed by atoms with E-state index >= 15 is 0 Å². The second-order valence-corrected chi connectivity index (χ2v) is 8.78. The summed E-state index contributed by atoms with van der Waals surface area (Å²) in [6, 6.07) is 20.8. The van der Waals surface area contributed by atoms with Crippen LogP contribution in [0.5, 0.6) is 0 Å². The summed E-state index contributed by atoms with van der Waals surface area (Å²) in [6.45, 7) is 2.96. The Hall–Kier alpha value is -3.26. The molecule has 0 unspecified atom stereocenters. The number of rotatable bonds is 15. The number of benzene rings is 2. The van der Waals surface area contributed by atoms with Gasteiger partial charge in [0.05, 0.1) is 13.2 Å². The van der Waals surface area contributed by atoms with E-state index < -0.39 is 0 Å². The van der Waals surface area contributed by atoms with Gasteiger partial charge < -0.3 is 26.2 Å². The van der Waals surface area contributed by atoms with E-state index in [0.29, 0.717) is 32.6 Å². The molecule has 3 aromatic rings. The van der Waals surface area contributed by atoms with Crippen LogP contribution in [0, 0.1) is 0 Å². The maximum Gasteiger partial charge on any atom is 0.220 e. The van der Waals surface area contributed by atoms with E-state index in [1.165, 1.54) is 10.9 Å². The van der Waals surface area contributed by atoms with Crippen molar-refractivity contribution in [3.8, 4) is 0 Å².